The number of carboxylic acid groups (broad SMARTS) is 1. The van der Waals surface area contributed by atoms with Crippen molar-refractivity contribution in [3.05, 3.63) is 102 Å². The zero-order valence-electron chi connectivity index (χ0n) is 41.6. The molecule has 0 saturated heterocycles. The van der Waals surface area contributed by atoms with Crippen LogP contribution in [0.15, 0.2) is 95.0 Å². The number of aromatic nitrogens is 1. The molecule has 0 spiro atoms. The fraction of sp³-hybridized carbons (Fsp3) is 0.420. The Labute approximate surface area is 433 Å². The van der Waals surface area contributed by atoms with E-state index in [9.17, 15) is 48.9 Å². The molecule has 7 atom stereocenters. The number of nitrogens with two attached hydrogens (primary N) is 6. The van der Waals surface area contributed by atoms with Crippen LogP contribution in [-0.2, 0) is 52.8 Å². The molecular weight excluding hydrogens is 971 g/mol. The monoisotopic (exact) mass is 1040 g/mol. The minimum atomic E-state index is -1.74. The highest BCUT2D eigenvalue weighted by molar-refractivity contribution is 5.97. The lowest BCUT2D eigenvalue weighted by atomic mass is 10.0. The van der Waals surface area contributed by atoms with Gasteiger partial charge in [0.25, 0.3) is 0 Å². The Bertz CT molecular complexity index is 2570. The first-order chi connectivity index (χ1) is 35.9. The largest absolute Gasteiger partial charge is 0.508 e. The molecule has 75 heavy (non-hydrogen) atoms. The standard InChI is InChI=1S/C50H71N15O10/c51-21-7-6-13-34(52)42(68)60-36(15-8-22-57-49(53)54)43(69)63-39(26-31-27-59-35-14-5-4-12-33(31)35)46(72)65-41(28-66)47(73)61-37(16-9-23-58-50(55)56)44(70)62-38(24-30-17-19-32(67)20-18-30)45(71)64-40(48(74)75)25-29-10-2-1-3-11-29/h1-5,10-12,14,17-20,27,34,36-41,59,66-67H,6-9,13,15-16,21-26,28,51-52H2,(H,60,68)(H,61,73)(H,62,70)(H,63,69)(H,64,71)(H,65,72)(H,74,75)(H4,53,54,57)(H4,55,56,58)/t34-,36-,37-,38-,39-,40-,41-/m0/s1. The third-order valence-electron chi connectivity index (χ3n) is 11.9. The van der Waals surface area contributed by atoms with Crippen LogP contribution in [0.25, 0.3) is 10.9 Å². The number of nitrogens with zero attached hydrogens (tertiary/aromatic N) is 2. The Morgan fingerprint density at radius 2 is 1.00 bits per heavy atom. The number of carbonyl (C=O) groups is 7. The molecule has 0 saturated carbocycles. The number of rotatable bonds is 32. The van der Waals surface area contributed by atoms with Gasteiger partial charge in [0.2, 0.25) is 35.4 Å². The van der Waals surface area contributed by atoms with E-state index >= 15 is 0 Å². The Balaban J connectivity index is 1.62. The maximum atomic E-state index is 14.4. The number of aliphatic carboxylic acids is 1. The molecule has 4 rings (SSSR count). The Morgan fingerprint density at radius 1 is 0.533 bits per heavy atom. The van der Waals surface area contributed by atoms with Crippen LogP contribution in [0.3, 0.4) is 0 Å². The smallest absolute Gasteiger partial charge is 0.326 e. The summed E-state index contributed by atoms with van der Waals surface area (Å²) in [5.74, 6) is -7.03. The molecule has 1 heterocycles. The minimum absolute atomic E-state index is 0.00449. The number of aliphatic hydroxyl groups is 1. The van der Waals surface area contributed by atoms with E-state index in [0.29, 0.717) is 47.9 Å². The average molecular weight is 1040 g/mol. The van der Waals surface area contributed by atoms with Crippen LogP contribution in [-0.4, -0.2) is 142 Å². The van der Waals surface area contributed by atoms with Crippen molar-refractivity contribution in [2.24, 2.45) is 44.4 Å². The van der Waals surface area contributed by atoms with Gasteiger partial charge in [-0.2, -0.15) is 0 Å². The van der Waals surface area contributed by atoms with Crippen molar-refractivity contribution in [1.29, 1.82) is 0 Å². The number of unbranched alkanes of at least 4 members (excludes halogenated alkanes) is 1. The molecule has 0 fully saturated rings. The predicted molar refractivity (Wildman–Crippen MR) is 281 cm³/mol. The number of para-hydroxylation sites is 1. The number of amides is 6. The number of aromatic amines is 1. The first-order valence-electron chi connectivity index (χ1n) is 24.5. The SMILES string of the molecule is NCCCC[C@H](N)C(=O)N[C@@H](CCCN=C(N)N)C(=O)N[C@@H](Cc1c[nH]c2ccccc12)C(=O)N[C@@H](CO)C(=O)N[C@@H](CCCN=C(N)N)C(=O)N[C@@H](Cc1ccc(O)cc1)C(=O)N[C@@H](Cc1ccccc1)C(=O)O. The topological polar surface area (TPSA) is 449 Å². The third-order valence-corrected chi connectivity index (χ3v) is 11.9. The second-order valence-electron chi connectivity index (χ2n) is 17.8. The molecule has 4 aromatic rings. The van der Waals surface area contributed by atoms with Gasteiger partial charge >= 0.3 is 5.97 Å². The highest BCUT2D eigenvalue weighted by Gasteiger charge is 2.34. The molecular formula is C50H71N15O10. The zero-order valence-corrected chi connectivity index (χ0v) is 41.6. The van der Waals surface area contributed by atoms with Crippen molar-refractivity contribution in [2.45, 2.75) is 107 Å². The van der Waals surface area contributed by atoms with Crippen molar-refractivity contribution in [2.75, 3.05) is 26.2 Å². The number of aliphatic hydroxyl groups excluding tert-OH is 1. The lowest BCUT2D eigenvalue weighted by Gasteiger charge is -2.27. The minimum Gasteiger partial charge on any atom is -0.508 e. The average Bonchev–Trinajstić information content (AvgIpc) is 3.79. The number of aliphatic imine (C=N–C) groups is 2. The van der Waals surface area contributed by atoms with Crippen LogP contribution in [0.2, 0.25) is 0 Å². The van der Waals surface area contributed by atoms with Crippen LogP contribution >= 0.6 is 0 Å². The van der Waals surface area contributed by atoms with Crippen molar-refractivity contribution >= 4 is 64.2 Å². The number of nitrogens with one attached hydrogen (secondary N) is 7. The van der Waals surface area contributed by atoms with Gasteiger partial charge in [0.15, 0.2) is 11.9 Å². The molecule has 0 unspecified atom stereocenters. The summed E-state index contributed by atoms with van der Waals surface area (Å²) in [7, 11) is 0. The van der Waals surface area contributed by atoms with Gasteiger partial charge in [-0.25, -0.2) is 4.79 Å². The molecule has 0 aliphatic rings. The number of H-pyrrole nitrogens is 1. The van der Waals surface area contributed by atoms with E-state index in [-0.39, 0.29) is 75.7 Å². The third kappa shape index (κ3) is 20.3. The number of aromatic hydroxyl groups is 1. The lowest BCUT2D eigenvalue weighted by Crippen LogP contribution is -2.61. The van der Waals surface area contributed by atoms with Gasteiger partial charge in [-0.3, -0.25) is 38.8 Å². The van der Waals surface area contributed by atoms with Crippen molar-refractivity contribution in [3.8, 4) is 5.75 Å². The molecule has 25 nitrogen and oxygen atoms in total. The van der Waals surface area contributed by atoms with E-state index in [2.05, 4.69) is 46.9 Å². The number of phenols is 1. The molecule has 6 amide bonds. The summed E-state index contributed by atoms with van der Waals surface area (Å²) in [6.45, 7) is -0.485. The number of fused-ring (bicyclic) bond motifs is 1. The Kier molecular flexibility index (Phi) is 24.2. The number of guanidine groups is 2. The number of phenolic OH excluding ortho intramolecular Hbond substituents is 1. The predicted octanol–water partition coefficient (Wildman–Crippen LogP) is -2.55. The highest BCUT2D eigenvalue weighted by Crippen LogP contribution is 2.20. The highest BCUT2D eigenvalue weighted by atomic mass is 16.4. The van der Waals surface area contributed by atoms with E-state index in [0.717, 1.165) is 5.52 Å². The van der Waals surface area contributed by atoms with Crippen LogP contribution in [0.4, 0.5) is 0 Å². The van der Waals surface area contributed by atoms with Gasteiger partial charge in [-0.15, -0.1) is 0 Å². The molecule has 22 N–H and O–H groups in total. The quantitative estimate of drug-likeness (QED) is 0.0136. The molecule has 0 aliphatic carbocycles. The molecule has 25 heteroatoms. The molecule has 1 aromatic heterocycles. The second kappa shape index (κ2) is 30.7. The number of carbonyl (C=O) groups excluding carboxylic acids is 6. The van der Waals surface area contributed by atoms with Crippen molar-refractivity contribution in [1.82, 2.24) is 36.9 Å². The lowest BCUT2D eigenvalue weighted by molar-refractivity contribution is -0.142. The van der Waals surface area contributed by atoms with Gasteiger partial charge in [0.05, 0.1) is 12.6 Å². The summed E-state index contributed by atoms with van der Waals surface area (Å²) in [6.07, 6.45) is 2.89. The number of benzene rings is 3. The fourth-order valence-electron chi connectivity index (χ4n) is 7.88. The maximum absolute atomic E-state index is 14.4. The van der Waals surface area contributed by atoms with Crippen LogP contribution in [0, 0.1) is 0 Å². The maximum Gasteiger partial charge on any atom is 0.326 e. The van der Waals surface area contributed by atoms with Gasteiger partial charge in [0, 0.05) is 49.5 Å². The second-order valence-corrected chi connectivity index (χ2v) is 17.8. The van der Waals surface area contributed by atoms with Gasteiger partial charge in [0.1, 0.15) is 42.0 Å². The van der Waals surface area contributed by atoms with Crippen molar-refractivity contribution in [3.63, 3.8) is 0 Å². The van der Waals surface area contributed by atoms with Gasteiger partial charge in [-0.1, -0.05) is 67.1 Å². The van der Waals surface area contributed by atoms with Gasteiger partial charge in [-0.05, 0) is 80.0 Å². The Morgan fingerprint density at radius 3 is 1.56 bits per heavy atom. The van der Waals surface area contributed by atoms with Crippen LogP contribution < -0.4 is 66.3 Å². The number of hydrogen-bond donors (Lipinski definition) is 16. The first kappa shape index (κ1) is 59.3. The number of carboxylic acids is 1. The van der Waals surface area contributed by atoms with Crippen LogP contribution in [0.5, 0.6) is 5.75 Å². The molecule has 406 valence electrons. The van der Waals surface area contributed by atoms with Crippen LogP contribution in [0.1, 0.15) is 61.6 Å². The summed E-state index contributed by atoms with van der Waals surface area (Å²) >= 11 is 0. The zero-order chi connectivity index (χ0) is 54.9. The van der Waals surface area contributed by atoms with E-state index < -0.39 is 90.3 Å². The molecule has 3 aromatic carbocycles. The van der Waals surface area contributed by atoms with Crippen molar-refractivity contribution < 1.29 is 48.9 Å². The molecule has 0 radical (unpaired) electrons. The summed E-state index contributed by atoms with van der Waals surface area (Å²) in [6, 6.07) is 11.8. The Hall–Kier alpha value is -8.29. The van der Waals surface area contributed by atoms with E-state index in [1.54, 1.807) is 54.7 Å². The summed E-state index contributed by atoms with van der Waals surface area (Å²) in [5, 5.41) is 46.9. The number of hydrogen-bond acceptors (Lipinski definition) is 13. The van der Waals surface area contributed by atoms with E-state index in [1.165, 1.54) is 24.3 Å². The normalized spacial score (nSPS) is 13.8. The molecule has 0 aliphatic heterocycles. The summed E-state index contributed by atoms with van der Waals surface area (Å²) in [4.78, 5) is 108. The fourth-order valence-corrected chi connectivity index (χ4v) is 7.88. The first-order valence-corrected chi connectivity index (χ1v) is 24.5. The van der Waals surface area contributed by atoms with E-state index in [4.69, 9.17) is 34.4 Å². The summed E-state index contributed by atoms with van der Waals surface area (Å²) in [5.41, 5.74) is 36.2. The van der Waals surface area contributed by atoms with E-state index in [1.807, 2.05) is 6.07 Å². The molecule has 0 bridgehead atoms. The summed E-state index contributed by atoms with van der Waals surface area (Å²) < 4.78 is 0. The van der Waals surface area contributed by atoms with Gasteiger partial charge < -0.3 is 86.6 Å².